The quantitative estimate of drug-likeness (QED) is 0.403. The van der Waals surface area contributed by atoms with Crippen LogP contribution in [0.3, 0.4) is 0 Å². The van der Waals surface area contributed by atoms with Gasteiger partial charge in [-0.15, -0.1) is 0 Å². The highest BCUT2D eigenvalue weighted by molar-refractivity contribution is 7.99. The summed E-state index contributed by atoms with van der Waals surface area (Å²) in [6, 6.07) is 14.7. The Hall–Kier alpha value is -3.49. The van der Waals surface area contributed by atoms with Crippen molar-refractivity contribution in [2.45, 2.75) is 35.1 Å². The fourth-order valence-electron chi connectivity index (χ4n) is 5.80. The first kappa shape index (κ1) is 20.8. The van der Waals surface area contributed by atoms with E-state index >= 15 is 0 Å². The van der Waals surface area contributed by atoms with Crippen molar-refractivity contribution in [1.82, 2.24) is 24.3 Å². The van der Waals surface area contributed by atoms with Gasteiger partial charge in [0, 0.05) is 55.0 Å². The maximum atomic E-state index is 6.79. The summed E-state index contributed by atoms with van der Waals surface area (Å²) in [7, 11) is 0. The van der Waals surface area contributed by atoms with E-state index in [-0.39, 0.29) is 11.5 Å². The zero-order valence-corrected chi connectivity index (χ0v) is 20.0. The number of aromatic nitrogens is 5. The first-order valence-corrected chi connectivity index (χ1v) is 12.8. The monoisotopic (exact) mass is 479 g/mol. The van der Waals surface area contributed by atoms with Gasteiger partial charge in [-0.1, -0.05) is 36.0 Å². The number of rotatable bonds is 3. The first-order chi connectivity index (χ1) is 17.2. The molecule has 0 radical (unpaired) electrons. The molecule has 1 aliphatic carbocycles. The van der Waals surface area contributed by atoms with Crippen LogP contribution >= 0.6 is 11.8 Å². The number of nitrogens with two attached hydrogens (primary N) is 1. The maximum absolute atomic E-state index is 6.79. The van der Waals surface area contributed by atoms with E-state index in [0.717, 1.165) is 64.8 Å². The summed E-state index contributed by atoms with van der Waals surface area (Å²) in [4.78, 5) is 23.0. The van der Waals surface area contributed by atoms with Gasteiger partial charge >= 0.3 is 0 Å². The van der Waals surface area contributed by atoms with Crippen LogP contribution in [0.15, 0.2) is 83.2 Å². The smallest absolute Gasteiger partial charge is 0.211 e. The Kier molecular flexibility index (Phi) is 4.78. The molecular formula is C27H25N7S. The van der Waals surface area contributed by atoms with Gasteiger partial charge in [0.2, 0.25) is 5.95 Å². The highest BCUT2D eigenvalue weighted by Crippen LogP contribution is 2.51. The average Bonchev–Trinajstić information content (AvgIpc) is 3.49. The van der Waals surface area contributed by atoms with Crippen molar-refractivity contribution in [3.8, 4) is 0 Å². The molecular weight excluding hydrogens is 454 g/mol. The minimum Gasteiger partial charge on any atom is -0.342 e. The largest absolute Gasteiger partial charge is 0.342 e. The number of nitrogens with zero attached hydrogens (tertiary/aromatic N) is 6. The van der Waals surface area contributed by atoms with Crippen molar-refractivity contribution in [3.63, 3.8) is 0 Å². The molecule has 0 amide bonds. The molecule has 2 N–H and O–H groups in total. The molecule has 1 aromatic carbocycles. The van der Waals surface area contributed by atoms with E-state index in [0.29, 0.717) is 0 Å². The summed E-state index contributed by atoms with van der Waals surface area (Å²) >= 11 is 1.63. The number of piperidine rings is 1. The van der Waals surface area contributed by atoms with Gasteiger partial charge in [-0.25, -0.2) is 9.97 Å². The van der Waals surface area contributed by atoms with Crippen molar-refractivity contribution in [2.75, 3.05) is 18.0 Å². The first-order valence-electron chi connectivity index (χ1n) is 12.0. The van der Waals surface area contributed by atoms with Crippen LogP contribution in [0, 0.1) is 5.41 Å². The Bertz CT molecular complexity index is 1550. The van der Waals surface area contributed by atoms with Crippen molar-refractivity contribution >= 4 is 34.4 Å². The molecule has 1 aliphatic heterocycles. The number of fused-ring (bicyclic) bond motifs is 3. The summed E-state index contributed by atoms with van der Waals surface area (Å²) in [6.07, 6.45) is 12.6. The normalized spacial score (nSPS) is 19.0. The molecule has 7 nitrogen and oxygen atoms in total. The molecule has 35 heavy (non-hydrogen) atoms. The zero-order chi connectivity index (χ0) is 23.4. The highest BCUT2D eigenvalue weighted by Gasteiger charge is 2.46. The minimum atomic E-state index is 0.115. The molecule has 1 saturated heterocycles. The summed E-state index contributed by atoms with van der Waals surface area (Å²) in [6.45, 7) is 1.88. The average molecular weight is 480 g/mol. The third kappa shape index (κ3) is 3.31. The summed E-state index contributed by atoms with van der Waals surface area (Å²) in [5.74, 6) is 0.943. The fourth-order valence-corrected chi connectivity index (χ4v) is 6.77. The Morgan fingerprint density at radius 3 is 2.66 bits per heavy atom. The molecule has 1 atom stereocenters. The third-order valence-electron chi connectivity index (χ3n) is 7.69. The second-order valence-corrected chi connectivity index (χ2v) is 10.6. The van der Waals surface area contributed by atoms with Gasteiger partial charge in [-0.2, -0.15) is 0 Å². The van der Waals surface area contributed by atoms with Crippen LogP contribution in [0.2, 0.25) is 0 Å². The van der Waals surface area contributed by atoms with Crippen molar-refractivity contribution in [1.29, 1.82) is 0 Å². The lowest BCUT2D eigenvalue weighted by atomic mass is 9.73. The molecule has 2 aliphatic rings. The number of pyridine rings is 2. The van der Waals surface area contributed by atoms with Gasteiger partial charge in [0.15, 0.2) is 5.65 Å². The SMILES string of the molecule is N[C@@H]1c2ccccc2CC12CCN(c1ncc(Sc3ccnc4cccnc34)c3nccn13)CC2. The molecule has 5 aromatic rings. The molecule has 0 saturated carbocycles. The summed E-state index contributed by atoms with van der Waals surface area (Å²) < 4.78 is 2.11. The number of benzene rings is 1. The second-order valence-electron chi connectivity index (χ2n) is 9.53. The lowest BCUT2D eigenvalue weighted by Crippen LogP contribution is -2.45. The van der Waals surface area contributed by atoms with E-state index in [1.54, 1.807) is 18.0 Å². The molecule has 1 spiro atoms. The van der Waals surface area contributed by atoms with E-state index in [2.05, 4.69) is 48.5 Å². The zero-order valence-electron chi connectivity index (χ0n) is 19.2. The Labute approximate surface area is 207 Å². The van der Waals surface area contributed by atoms with Gasteiger partial charge < -0.3 is 10.6 Å². The van der Waals surface area contributed by atoms with Crippen LogP contribution in [-0.4, -0.2) is 37.4 Å². The number of hydrogen-bond acceptors (Lipinski definition) is 7. The van der Waals surface area contributed by atoms with E-state index in [1.807, 2.05) is 43.0 Å². The fraction of sp³-hybridized carbons (Fsp3) is 0.259. The predicted octanol–water partition coefficient (Wildman–Crippen LogP) is 4.67. The van der Waals surface area contributed by atoms with E-state index in [9.17, 15) is 0 Å². The summed E-state index contributed by atoms with van der Waals surface area (Å²) in [5.41, 5.74) is 12.4. The lowest BCUT2D eigenvalue weighted by molar-refractivity contribution is 0.186. The van der Waals surface area contributed by atoms with Crippen molar-refractivity contribution in [2.24, 2.45) is 11.1 Å². The Balaban J connectivity index is 1.16. The summed E-state index contributed by atoms with van der Waals surface area (Å²) in [5, 5.41) is 0. The molecule has 5 heterocycles. The van der Waals surface area contributed by atoms with Gasteiger partial charge in [0.05, 0.1) is 10.4 Å². The maximum Gasteiger partial charge on any atom is 0.211 e. The molecule has 8 heteroatoms. The van der Waals surface area contributed by atoms with Gasteiger partial charge in [-0.3, -0.25) is 14.4 Å². The number of imidazole rings is 1. The predicted molar refractivity (Wildman–Crippen MR) is 138 cm³/mol. The van der Waals surface area contributed by atoms with E-state index in [4.69, 9.17) is 10.7 Å². The van der Waals surface area contributed by atoms with Crippen LogP contribution < -0.4 is 10.6 Å². The van der Waals surface area contributed by atoms with Crippen LogP contribution in [-0.2, 0) is 6.42 Å². The van der Waals surface area contributed by atoms with Crippen LogP contribution in [0.1, 0.15) is 30.0 Å². The van der Waals surface area contributed by atoms with Crippen LogP contribution in [0.4, 0.5) is 5.95 Å². The van der Waals surface area contributed by atoms with Gasteiger partial charge in [0.1, 0.15) is 5.52 Å². The van der Waals surface area contributed by atoms with Crippen LogP contribution in [0.5, 0.6) is 0 Å². The highest BCUT2D eigenvalue weighted by atomic mass is 32.2. The molecule has 7 rings (SSSR count). The third-order valence-corrected chi connectivity index (χ3v) is 8.74. The molecule has 4 aromatic heterocycles. The standard InChI is InChI=1S/C27H25N7S/c28-24-19-5-2-1-4-18(19)16-27(24)8-13-33(14-9-27)26-32-17-22(25-31-12-15-34(25)26)35-21-7-11-29-20-6-3-10-30-23(20)21/h1-7,10-12,15,17,24H,8-9,13-14,16,28H2/t24-/m1/s1. The van der Waals surface area contributed by atoms with Crippen LogP contribution in [0.25, 0.3) is 16.7 Å². The van der Waals surface area contributed by atoms with E-state index in [1.165, 1.54) is 11.1 Å². The Morgan fingerprint density at radius 1 is 0.886 bits per heavy atom. The topological polar surface area (TPSA) is 85.2 Å². The van der Waals surface area contributed by atoms with Crippen molar-refractivity contribution < 1.29 is 0 Å². The van der Waals surface area contributed by atoms with Gasteiger partial charge in [-0.05, 0) is 54.0 Å². The Morgan fingerprint density at radius 2 is 1.77 bits per heavy atom. The minimum absolute atomic E-state index is 0.115. The number of hydrogen-bond donors (Lipinski definition) is 1. The number of anilines is 1. The van der Waals surface area contributed by atoms with Crippen molar-refractivity contribution in [3.05, 3.63) is 84.6 Å². The molecule has 0 unspecified atom stereocenters. The van der Waals surface area contributed by atoms with Gasteiger partial charge in [0.25, 0.3) is 0 Å². The lowest BCUT2D eigenvalue weighted by Gasteiger charge is -2.42. The van der Waals surface area contributed by atoms with E-state index < -0.39 is 0 Å². The second kappa shape index (κ2) is 8.03. The molecule has 1 fully saturated rings. The molecule has 0 bridgehead atoms. The molecule has 174 valence electrons.